The summed E-state index contributed by atoms with van der Waals surface area (Å²) in [5.74, 6) is 0.824. The molecule has 0 unspecified atom stereocenters. The average Bonchev–Trinajstić information content (AvgIpc) is 3.08. The van der Waals surface area contributed by atoms with E-state index in [2.05, 4.69) is 15.3 Å². The number of aliphatic imine (C=N–C) groups is 1. The molecule has 148 valence electrons. The van der Waals surface area contributed by atoms with Gasteiger partial charge in [-0.15, -0.1) is 24.0 Å². The zero-order valence-corrected chi connectivity index (χ0v) is 17.2. The second-order valence-corrected chi connectivity index (χ2v) is 5.37. The number of hydrogen-bond acceptors (Lipinski definition) is 4. The monoisotopic (exact) mass is 486 g/mol. The summed E-state index contributed by atoms with van der Waals surface area (Å²) in [6, 6.07) is 0. The third kappa shape index (κ3) is 5.95. The Morgan fingerprint density at radius 2 is 1.96 bits per heavy atom. The van der Waals surface area contributed by atoms with Gasteiger partial charge >= 0.3 is 12.6 Å². The van der Waals surface area contributed by atoms with Gasteiger partial charge in [0.25, 0.3) is 0 Å². The molecule has 0 aromatic carbocycles. The third-order valence-corrected chi connectivity index (χ3v) is 3.77. The lowest BCUT2D eigenvalue weighted by atomic mass is 10.3. The minimum Gasteiger partial charge on any atom is -0.450 e. The minimum atomic E-state index is -2.64. The number of imidazole rings is 1. The van der Waals surface area contributed by atoms with Gasteiger partial charge in [-0.1, -0.05) is 0 Å². The van der Waals surface area contributed by atoms with Crippen molar-refractivity contribution in [3.8, 4) is 0 Å². The zero-order valence-electron chi connectivity index (χ0n) is 14.9. The van der Waals surface area contributed by atoms with Gasteiger partial charge in [-0.25, -0.2) is 14.8 Å². The Kier molecular flexibility index (Phi) is 9.59. The highest BCUT2D eigenvalue weighted by molar-refractivity contribution is 14.0. The van der Waals surface area contributed by atoms with Gasteiger partial charge in [0, 0.05) is 45.1 Å². The van der Waals surface area contributed by atoms with E-state index in [1.165, 1.54) is 12.4 Å². The molecule has 2 heterocycles. The number of hydrogen-bond donors (Lipinski definition) is 1. The van der Waals surface area contributed by atoms with Gasteiger partial charge in [-0.3, -0.25) is 4.57 Å². The van der Waals surface area contributed by atoms with Crippen LogP contribution >= 0.6 is 24.0 Å². The van der Waals surface area contributed by atoms with Crippen LogP contribution in [0.2, 0.25) is 0 Å². The standard InChI is InChI=1S/C15H24F2N6O2.HI/c1-3-18-14(20-11-12-19-5-6-23(12)13(16)17)21-7-9-22(10-8-21)15(24)25-4-2;/h5-6,13H,3-4,7-11H2,1-2H3,(H,18,20);1H. The van der Waals surface area contributed by atoms with E-state index in [-0.39, 0.29) is 42.4 Å². The highest BCUT2D eigenvalue weighted by Gasteiger charge is 2.23. The second-order valence-electron chi connectivity index (χ2n) is 5.37. The lowest BCUT2D eigenvalue weighted by Crippen LogP contribution is -2.53. The highest BCUT2D eigenvalue weighted by Crippen LogP contribution is 2.13. The number of aromatic nitrogens is 2. The predicted octanol–water partition coefficient (Wildman–Crippen LogP) is 2.14. The quantitative estimate of drug-likeness (QED) is 0.392. The molecule has 0 saturated carbocycles. The fourth-order valence-electron chi connectivity index (χ4n) is 2.53. The number of alkyl halides is 2. The Balaban J connectivity index is 0.00000338. The lowest BCUT2D eigenvalue weighted by Gasteiger charge is -2.35. The first-order valence-electron chi connectivity index (χ1n) is 8.31. The summed E-state index contributed by atoms with van der Waals surface area (Å²) in [4.78, 5) is 23.7. The predicted molar refractivity (Wildman–Crippen MR) is 104 cm³/mol. The van der Waals surface area contributed by atoms with Crippen LogP contribution in [-0.4, -0.2) is 70.7 Å². The fraction of sp³-hybridized carbons (Fsp3) is 0.667. The van der Waals surface area contributed by atoms with Gasteiger partial charge in [0.1, 0.15) is 12.4 Å². The molecule has 1 saturated heterocycles. The molecule has 0 atom stereocenters. The molecular formula is C15H25F2IN6O2. The first kappa shape index (κ1) is 22.4. The number of halogens is 3. The van der Waals surface area contributed by atoms with E-state index in [1.807, 2.05) is 11.8 Å². The smallest absolute Gasteiger partial charge is 0.409 e. The highest BCUT2D eigenvalue weighted by atomic mass is 127. The molecule has 1 N–H and O–H groups in total. The maximum Gasteiger partial charge on any atom is 0.409 e. The summed E-state index contributed by atoms with van der Waals surface area (Å²) < 4.78 is 31.5. The average molecular weight is 486 g/mol. The van der Waals surface area contributed by atoms with Gasteiger partial charge in [0.2, 0.25) is 0 Å². The second kappa shape index (κ2) is 11.1. The molecule has 0 radical (unpaired) electrons. The van der Waals surface area contributed by atoms with Crippen LogP contribution in [0.5, 0.6) is 0 Å². The molecule has 8 nitrogen and oxygen atoms in total. The van der Waals surface area contributed by atoms with E-state index in [1.54, 1.807) is 11.8 Å². The summed E-state index contributed by atoms with van der Waals surface area (Å²) in [6.07, 6.45) is 2.26. The largest absolute Gasteiger partial charge is 0.450 e. The summed E-state index contributed by atoms with van der Waals surface area (Å²) in [5, 5.41) is 3.15. The summed E-state index contributed by atoms with van der Waals surface area (Å²) in [5.41, 5.74) is 0. The van der Waals surface area contributed by atoms with Gasteiger partial charge in [-0.05, 0) is 13.8 Å². The normalized spacial score (nSPS) is 15.0. The number of rotatable bonds is 5. The summed E-state index contributed by atoms with van der Waals surface area (Å²) in [6.45, 7) is 4.35. The van der Waals surface area contributed by atoms with Crippen molar-refractivity contribution < 1.29 is 18.3 Å². The van der Waals surface area contributed by atoms with Crippen molar-refractivity contribution >= 4 is 36.0 Å². The van der Waals surface area contributed by atoms with Crippen LogP contribution < -0.4 is 5.32 Å². The Bertz CT molecular complexity index is 590. The number of guanidine groups is 1. The van der Waals surface area contributed by atoms with E-state index >= 15 is 0 Å². The number of nitrogens with zero attached hydrogens (tertiary/aromatic N) is 5. The molecule has 11 heteroatoms. The van der Waals surface area contributed by atoms with Gasteiger partial charge in [-0.2, -0.15) is 8.78 Å². The number of amides is 1. The molecule has 1 aliphatic heterocycles. The van der Waals surface area contributed by atoms with Crippen molar-refractivity contribution in [3.63, 3.8) is 0 Å². The van der Waals surface area contributed by atoms with Crippen molar-refractivity contribution in [2.45, 2.75) is 26.9 Å². The zero-order chi connectivity index (χ0) is 18.2. The van der Waals surface area contributed by atoms with Crippen LogP contribution in [0, 0.1) is 0 Å². The van der Waals surface area contributed by atoms with Crippen molar-refractivity contribution in [2.75, 3.05) is 39.3 Å². The fourth-order valence-corrected chi connectivity index (χ4v) is 2.53. The minimum absolute atomic E-state index is 0. The van der Waals surface area contributed by atoms with Crippen molar-refractivity contribution in [2.24, 2.45) is 4.99 Å². The molecule has 1 amide bonds. The van der Waals surface area contributed by atoms with Crippen molar-refractivity contribution in [1.82, 2.24) is 24.7 Å². The lowest BCUT2D eigenvalue weighted by molar-refractivity contribution is 0.0671. The SMILES string of the molecule is CCNC(=NCc1nccn1C(F)F)N1CCN(C(=O)OCC)CC1.I. The van der Waals surface area contributed by atoms with Gasteiger partial charge < -0.3 is 19.9 Å². The molecular weight excluding hydrogens is 461 g/mol. The van der Waals surface area contributed by atoms with E-state index < -0.39 is 6.55 Å². The van der Waals surface area contributed by atoms with Crippen LogP contribution in [0.3, 0.4) is 0 Å². The molecule has 1 fully saturated rings. The van der Waals surface area contributed by atoms with Crippen LogP contribution in [-0.2, 0) is 11.3 Å². The molecule has 0 aliphatic carbocycles. The number of piperazine rings is 1. The van der Waals surface area contributed by atoms with E-state index in [0.717, 1.165) is 4.57 Å². The number of ether oxygens (including phenoxy) is 1. The van der Waals surface area contributed by atoms with Gasteiger partial charge in [0.15, 0.2) is 5.96 Å². The Hall–Kier alpha value is -1.66. The Morgan fingerprint density at radius 3 is 2.54 bits per heavy atom. The molecule has 0 bridgehead atoms. The Labute approximate surface area is 168 Å². The third-order valence-electron chi connectivity index (χ3n) is 3.77. The number of carbonyl (C=O) groups is 1. The first-order chi connectivity index (χ1) is 12.1. The van der Waals surface area contributed by atoms with Crippen molar-refractivity contribution in [3.05, 3.63) is 18.2 Å². The van der Waals surface area contributed by atoms with Crippen LogP contribution in [0.25, 0.3) is 0 Å². The molecule has 1 aliphatic rings. The Morgan fingerprint density at radius 1 is 1.31 bits per heavy atom. The molecule has 26 heavy (non-hydrogen) atoms. The van der Waals surface area contributed by atoms with Crippen molar-refractivity contribution in [1.29, 1.82) is 0 Å². The first-order valence-corrected chi connectivity index (χ1v) is 8.31. The van der Waals surface area contributed by atoms with Crippen LogP contribution in [0.4, 0.5) is 13.6 Å². The number of nitrogens with one attached hydrogen (secondary N) is 1. The summed E-state index contributed by atoms with van der Waals surface area (Å²) >= 11 is 0. The molecule has 1 aromatic rings. The maximum atomic E-state index is 12.9. The maximum absolute atomic E-state index is 12.9. The van der Waals surface area contributed by atoms with Crippen LogP contribution in [0.1, 0.15) is 26.2 Å². The molecule has 2 rings (SSSR count). The topological polar surface area (TPSA) is 75.0 Å². The molecule has 1 aromatic heterocycles. The van der Waals surface area contributed by atoms with E-state index in [0.29, 0.717) is 45.3 Å². The van der Waals surface area contributed by atoms with Gasteiger partial charge in [0.05, 0.1) is 6.61 Å². The van der Waals surface area contributed by atoms with E-state index in [9.17, 15) is 13.6 Å². The summed E-state index contributed by atoms with van der Waals surface area (Å²) in [7, 11) is 0. The number of carbonyl (C=O) groups excluding carboxylic acids is 1. The van der Waals surface area contributed by atoms with Crippen LogP contribution in [0.15, 0.2) is 17.4 Å². The molecule has 0 spiro atoms. The van der Waals surface area contributed by atoms with E-state index in [4.69, 9.17) is 4.74 Å².